The Balaban J connectivity index is 1.47. The molecule has 0 aromatic carbocycles. The first-order valence-electron chi connectivity index (χ1n) is 8.99. The predicted molar refractivity (Wildman–Crippen MR) is 110 cm³/mol. The van der Waals surface area contributed by atoms with E-state index in [1.54, 1.807) is 33.5 Å². The number of fused-ring (bicyclic) bond motifs is 5. The summed E-state index contributed by atoms with van der Waals surface area (Å²) >= 11 is 3.31. The van der Waals surface area contributed by atoms with Crippen molar-refractivity contribution in [1.82, 2.24) is 19.6 Å². The quantitative estimate of drug-likeness (QED) is 0.370. The normalized spacial score (nSPS) is 16.6. The van der Waals surface area contributed by atoms with Gasteiger partial charge >= 0.3 is 0 Å². The fraction of sp³-hybridized carbons (Fsp3) is 0.368. The van der Waals surface area contributed by atoms with Gasteiger partial charge in [-0.15, -0.1) is 27.8 Å². The minimum absolute atomic E-state index is 0.187. The molecule has 28 heavy (non-hydrogen) atoms. The van der Waals surface area contributed by atoms with E-state index in [4.69, 9.17) is 14.6 Å². The van der Waals surface area contributed by atoms with Crippen molar-refractivity contribution in [2.24, 2.45) is 5.16 Å². The molecule has 5 rings (SSSR count). The zero-order valence-electron chi connectivity index (χ0n) is 15.8. The third kappa shape index (κ3) is 3.09. The van der Waals surface area contributed by atoms with E-state index in [9.17, 15) is 0 Å². The summed E-state index contributed by atoms with van der Waals surface area (Å²) in [7, 11) is 0. The van der Waals surface area contributed by atoms with E-state index in [2.05, 4.69) is 29.1 Å². The third-order valence-corrected chi connectivity index (χ3v) is 6.82. The Hall–Kier alpha value is -2.36. The summed E-state index contributed by atoms with van der Waals surface area (Å²) in [4.78, 5) is 18.1. The number of nitrogens with zero attached hydrogens (tertiary/aromatic N) is 5. The third-order valence-electron chi connectivity index (χ3n) is 4.72. The lowest BCUT2D eigenvalue weighted by atomic mass is 9.94. The number of hydrogen-bond acceptors (Lipinski definition) is 8. The zero-order chi connectivity index (χ0) is 19.3. The van der Waals surface area contributed by atoms with Crippen LogP contribution in [-0.2, 0) is 29.2 Å². The molecule has 0 saturated heterocycles. The summed E-state index contributed by atoms with van der Waals surface area (Å²) in [6.45, 7) is 7.00. The second-order valence-electron chi connectivity index (χ2n) is 7.38. The van der Waals surface area contributed by atoms with Crippen molar-refractivity contribution < 1.29 is 9.57 Å². The highest BCUT2D eigenvalue weighted by molar-refractivity contribution is 7.19. The van der Waals surface area contributed by atoms with E-state index in [1.165, 1.54) is 10.4 Å². The Labute approximate surface area is 169 Å². The molecule has 4 aromatic rings. The first-order valence-corrected chi connectivity index (χ1v) is 10.7. The molecule has 0 N–H and O–H groups in total. The lowest BCUT2D eigenvalue weighted by molar-refractivity contribution is -0.0379. The van der Waals surface area contributed by atoms with Gasteiger partial charge in [0, 0.05) is 11.3 Å². The molecular weight excluding hydrogens is 394 g/mol. The van der Waals surface area contributed by atoms with Crippen LogP contribution >= 0.6 is 22.7 Å². The van der Waals surface area contributed by atoms with Crippen LogP contribution in [0.15, 0.2) is 29.0 Å². The maximum absolute atomic E-state index is 5.95. The summed E-state index contributed by atoms with van der Waals surface area (Å²) < 4.78 is 7.68. The second kappa shape index (κ2) is 6.61. The van der Waals surface area contributed by atoms with E-state index < -0.39 is 0 Å². The summed E-state index contributed by atoms with van der Waals surface area (Å²) in [5.74, 6) is 0.586. The summed E-state index contributed by atoms with van der Waals surface area (Å²) in [5.41, 5.74) is 2.75. The molecule has 0 aliphatic carbocycles. The fourth-order valence-electron chi connectivity index (χ4n) is 3.36. The lowest BCUT2D eigenvalue weighted by Gasteiger charge is -2.30. The van der Waals surface area contributed by atoms with Crippen molar-refractivity contribution in [3.8, 4) is 0 Å². The van der Waals surface area contributed by atoms with Crippen LogP contribution in [0, 0.1) is 0 Å². The number of rotatable bonds is 4. The Kier molecular flexibility index (Phi) is 4.18. The number of hydrogen-bond donors (Lipinski definition) is 0. The van der Waals surface area contributed by atoms with Crippen molar-refractivity contribution in [2.75, 3.05) is 0 Å². The molecule has 5 heterocycles. The lowest BCUT2D eigenvalue weighted by Crippen LogP contribution is -2.31. The Bertz CT molecular complexity index is 1190. The monoisotopic (exact) mass is 413 g/mol. The predicted octanol–water partition coefficient (Wildman–Crippen LogP) is 4.19. The van der Waals surface area contributed by atoms with Crippen LogP contribution in [0.3, 0.4) is 0 Å². The Morgan fingerprint density at radius 2 is 2.32 bits per heavy atom. The van der Waals surface area contributed by atoms with Crippen molar-refractivity contribution >= 4 is 44.2 Å². The molecule has 9 heteroatoms. The Morgan fingerprint density at radius 1 is 1.43 bits per heavy atom. The Morgan fingerprint density at radius 3 is 3.14 bits per heavy atom. The molecule has 0 saturated carbocycles. The van der Waals surface area contributed by atoms with Gasteiger partial charge in [0.25, 0.3) is 0 Å². The van der Waals surface area contributed by atoms with E-state index in [0.29, 0.717) is 12.4 Å². The minimum atomic E-state index is -0.187. The van der Waals surface area contributed by atoms with Gasteiger partial charge in [-0.3, -0.25) is 0 Å². The highest BCUT2D eigenvalue weighted by atomic mass is 32.1. The fourth-order valence-corrected chi connectivity index (χ4v) is 5.10. The molecule has 0 bridgehead atoms. The van der Waals surface area contributed by atoms with Crippen LogP contribution in [0.4, 0.5) is 0 Å². The topological polar surface area (TPSA) is 73.9 Å². The van der Waals surface area contributed by atoms with Crippen molar-refractivity contribution in [2.45, 2.75) is 46.0 Å². The van der Waals surface area contributed by atoms with Gasteiger partial charge in [0.15, 0.2) is 18.1 Å². The summed E-state index contributed by atoms with van der Waals surface area (Å²) in [6.07, 6.45) is 2.55. The molecular formula is C19H19N5O2S2. The number of thiophene rings is 2. The summed E-state index contributed by atoms with van der Waals surface area (Å²) in [5, 5.41) is 11.8. The molecule has 7 nitrogen and oxygen atoms in total. The molecule has 0 fully saturated rings. The first kappa shape index (κ1) is 17.7. The minimum Gasteiger partial charge on any atom is -0.387 e. The highest BCUT2D eigenvalue weighted by Crippen LogP contribution is 2.39. The van der Waals surface area contributed by atoms with Crippen LogP contribution in [0.1, 0.15) is 41.9 Å². The molecule has 0 atom stereocenters. The van der Waals surface area contributed by atoms with Crippen molar-refractivity contribution in [1.29, 1.82) is 0 Å². The first-order chi connectivity index (χ1) is 13.5. The van der Waals surface area contributed by atoms with Crippen LogP contribution in [0.2, 0.25) is 0 Å². The van der Waals surface area contributed by atoms with Crippen LogP contribution < -0.4 is 0 Å². The molecule has 0 spiro atoms. The van der Waals surface area contributed by atoms with Crippen LogP contribution in [0.25, 0.3) is 15.9 Å². The van der Waals surface area contributed by atoms with Gasteiger partial charge in [-0.2, -0.15) is 0 Å². The molecule has 1 aliphatic heterocycles. The molecule has 0 radical (unpaired) electrons. The molecule has 0 amide bonds. The second-order valence-corrected chi connectivity index (χ2v) is 9.41. The van der Waals surface area contributed by atoms with Gasteiger partial charge in [-0.05, 0) is 37.8 Å². The van der Waals surface area contributed by atoms with Crippen molar-refractivity contribution in [3.05, 3.63) is 45.0 Å². The molecule has 0 unspecified atom stereocenters. The average molecular weight is 414 g/mol. The van der Waals surface area contributed by atoms with E-state index in [0.717, 1.165) is 32.9 Å². The van der Waals surface area contributed by atoms with E-state index >= 15 is 0 Å². The number of ether oxygens (including phenoxy) is 1. The van der Waals surface area contributed by atoms with Crippen LogP contribution in [-0.4, -0.2) is 30.9 Å². The zero-order valence-corrected chi connectivity index (χ0v) is 17.4. The maximum Gasteiger partial charge on any atom is 0.192 e. The van der Waals surface area contributed by atoms with Gasteiger partial charge < -0.3 is 9.57 Å². The van der Waals surface area contributed by atoms with Crippen molar-refractivity contribution in [3.63, 3.8) is 0 Å². The van der Waals surface area contributed by atoms with Gasteiger partial charge in [-0.25, -0.2) is 14.5 Å². The van der Waals surface area contributed by atoms with E-state index in [1.807, 2.05) is 24.4 Å². The number of oxime groups is 1. The average Bonchev–Trinajstić information content (AvgIpc) is 3.38. The molecule has 1 aliphatic rings. The van der Waals surface area contributed by atoms with Gasteiger partial charge in [0.2, 0.25) is 0 Å². The van der Waals surface area contributed by atoms with Gasteiger partial charge in [0.1, 0.15) is 11.2 Å². The summed E-state index contributed by atoms with van der Waals surface area (Å²) in [6, 6.07) is 4.01. The van der Waals surface area contributed by atoms with E-state index in [-0.39, 0.29) is 12.2 Å². The highest BCUT2D eigenvalue weighted by Gasteiger charge is 2.30. The maximum atomic E-state index is 5.95. The van der Waals surface area contributed by atoms with Gasteiger partial charge in [-0.1, -0.05) is 11.2 Å². The SMILES string of the molecule is C/C(=N\OCc1nc2c3c4c(sc3ncn2n1)COC(C)(C)C4)c1cccs1. The molecule has 144 valence electrons. The van der Waals surface area contributed by atoms with Gasteiger partial charge in [0.05, 0.1) is 28.2 Å². The largest absolute Gasteiger partial charge is 0.387 e. The number of aromatic nitrogens is 4. The van der Waals surface area contributed by atoms with Crippen LogP contribution in [0.5, 0.6) is 0 Å². The molecule has 4 aromatic heterocycles. The standard InChI is InChI=1S/C19H19N5O2S2/c1-11(13-5-4-6-27-13)23-26-9-15-21-17-16-12-7-19(2,3)25-8-14(12)28-18(16)20-10-24(17)22-15/h4-6,10H,7-9H2,1-3H3/b23-11+. The smallest absolute Gasteiger partial charge is 0.192 e.